The summed E-state index contributed by atoms with van der Waals surface area (Å²) < 4.78 is 24.5. The van der Waals surface area contributed by atoms with E-state index in [1.54, 1.807) is 26.4 Å². The van der Waals surface area contributed by atoms with E-state index in [1.165, 1.54) is 12.1 Å². The van der Waals surface area contributed by atoms with Crippen molar-refractivity contribution in [2.24, 2.45) is 0 Å². The number of rotatable bonds is 6. The van der Waals surface area contributed by atoms with Crippen LogP contribution in [0.1, 0.15) is 11.1 Å². The minimum absolute atomic E-state index is 0.226. The van der Waals surface area contributed by atoms with Crippen LogP contribution in [0.4, 0.5) is 4.39 Å². The van der Waals surface area contributed by atoms with E-state index >= 15 is 0 Å². The van der Waals surface area contributed by atoms with E-state index in [0.717, 1.165) is 15.6 Å². The average Bonchev–Trinajstić information content (AvgIpc) is 2.50. The highest BCUT2D eigenvalue weighted by Gasteiger charge is 2.13. The van der Waals surface area contributed by atoms with Crippen molar-refractivity contribution in [2.45, 2.75) is 13.1 Å². The Balaban J connectivity index is 2.07. The summed E-state index contributed by atoms with van der Waals surface area (Å²) in [5.74, 6) is 1.17. The van der Waals surface area contributed by atoms with Crippen LogP contribution in [-0.2, 0) is 13.1 Å². The normalized spacial score (nSPS) is 10.5. The Hall–Kier alpha value is -1.59. The number of benzene rings is 2. The first-order valence-corrected chi connectivity index (χ1v) is 7.29. The van der Waals surface area contributed by atoms with E-state index in [0.29, 0.717) is 24.6 Å². The zero-order chi connectivity index (χ0) is 15.2. The molecule has 0 bridgehead atoms. The van der Waals surface area contributed by atoms with Gasteiger partial charge in [0.15, 0.2) is 11.5 Å². The molecule has 0 spiro atoms. The van der Waals surface area contributed by atoms with E-state index in [2.05, 4.69) is 21.2 Å². The van der Waals surface area contributed by atoms with Crippen molar-refractivity contribution in [3.63, 3.8) is 0 Å². The predicted octanol–water partition coefficient (Wildman–Crippen LogP) is 3.90. The van der Waals surface area contributed by atoms with Crippen molar-refractivity contribution in [3.8, 4) is 11.5 Å². The standard InChI is InChI=1S/C16H17BrFNO2/c1-20-15-8-7-14(17)13(16(15)21-2)10-19-9-11-3-5-12(18)6-4-11/h3-8,19H,9-10H2,1-2H3. The number of halogens is 2. The highest BCUT2D eigenvalue weighted by Crippen LogP contribution is 2.35. The molecule has 0 heterocycles. The summed E-state index contributed by atoms with van der Waals surface area (Å²) in [6.07, 6.45) is 0. The molecular weight excluding hydrogens is 337 g/mol. The van der Waals surface area contributed by atoms with E-state index in [4.69, 9.17) is 9.47 Å². The van der Waals surface area contributed by atoms with Gasteiger partial charge in [0.1, 0.15) is 5.82 Å². The molecule has 3 nitrogen and oxygen atoms in total. The van der Waals surface area contributed by atoms with Gasteiger partial charge in [0.05, 0.1) is 14.2 Å². The van der Waals surface area contributed by atoms with Crippen LogP contribution in [-0.4, -0.2) is 14.2 Å². The summed E-state index contributed by atoms with van der Waals surface area (Å²) in [6, 6.07) is 10.2. The fourth-order valence-electron chi connectivity index (χ4n) is 2.07. The molecule has 112 valence electrons. The maximum absolute atomic E-state index is 12.9. The molecule has 0 aromatic heterocycles. The fraction of sp³-hybridized carbons (Fsp3) is 0.250. The van der Waals surface area contributed by atoms with E-state index in [9.17, 15) is 4.39 Å². The van der Waals surface area contributed by atoms with Gasteiger partial charge in [-0.25, -0.2) is 4.39 Å². The lowest BCUT2D eigenvalue weighted by molar-refractivity contribution is 0.350. The van der Waals surface area contributed by atoms with Crippen LogP contribution in [0.5, 0.6) is 11.5 Å². The molecule has 0 aliphatic carbocycles. The summed E-state index contributed by atoms with van der Waals surface area (Å²) in [6.45, 7) is 1.26. The highest BCUT2D eigenvalue weighted by molar-refractivity contribution is 9.10. The Morgan fingerprint density at radius 1 is 1.00 bits per heavy atom. The lowest BCUT2D eigenvalue weighted by Crippen LogP contribution is -2.14. The van der Waals surface area contributed by atoms with Crippen molar-refractivity contribution in [1.82, 2.24) is 5.32 Å². The summed E-state index contributed by atoms with van der Waals surface area (Å²) in [5, 5.41) is 3.32. The van der Waals surface area contributed by atoms with Gasteiger partial charge < -0.3 is 14.8 Å². The van der Waals surface area contributed by atoms with Gasteiger partial charge in [0.2, 0.25) is 0 Å². The van der Waals surface area contributed by atoms with Crippen LogP contribution in [0.2, 0.25) is 0 Å². The van der Waals surface area contributed by atoms with Crippen molar-refractivity contribution in [3.05, 3.63) is 57.8 Å². The molecule has 0 saturated heterocycles. The van der Waals surface area contributed by atoms with Crippen LogP contribution in [0.25, 0.3) is 0 Å². The Labute approximate surface area is 132 Å². The van der Waals surface area contributed by atoms with Crippen molar-refractivity contribution in [2.75, 3.05) is 14.2 Å². The molecule has 0 fully saturated rings. The molecule has 0 radical (unpaired) electrons. The average molecular weight is 354 g/mol. The molecule has 2 aromatic rings. The van der Waals surface area contributed by atoms with Crippen molar-refractivity contribution >= 4 is 15.9 Å². The van der Waals surface area contributed by atoms with Gasteiger partial charge in [-0.15, -0.1) is 0 Å². The Morgan fingerprint density at radius 2 is 1.71 bits per heavy atom. The first-order valence-electron chi connectivity index (χ1n) is 6.50. The van der Waals surface area contributed by atoms with Crippen LogP contribution in [0, 0.1) is 5.82 Å². The zero-order valence-corrected chi connectivity index (χ0v) is 13.5. The smallest absolute Gasteiger partial charge is 0.166 e. The summed E-state index contributed by atoms with van der Waals surface area (Å²) in [5.41, 5.74) is 2.01. The van der Waals surface area contributed by atoms with Crippen LogP contribution in [0.3, 0.4) is 0 Å². The highest BCUT2D eigenvalue weighted by atomic mass is 79.9. The number of hydrogen-bond acceptors (Lipinski definition) is 3. The topological polar surface area (TPSA) is 30.5 Å². The quantitative estimate of drug-likeness (QED) is 0.854. The van der Waals surface area contributed by atoms with Gasteiger partial charge in [-0.2, -0.15) is 0 Å². The van der Waals surface area contributed by atoms with Gasteiger partial charge in [-0.3, -0.25) is 0 Å². The molecule has 2 aromatic carbocycles. The Bertz CT molecular complexity index is 602. The van der Waals surface area contributed by atoms with Crippen molar-refractivity contribution < 1.29 is 13.9 Å². The second-order valence-corrected chi connectivity index (χ2v) is 5.35. The lowest BCUT2D eigenvalue weighted by Gasteiger charge is -2.15. The molecular formula is C16H17BrFNO2. The molecule has 21 heavy (non-hydrogen) atoms. The third-order valence-corrected chi connectivity index (χ3v) is 3.88. The predicted molar refractivity (Wildman–Crippen MR) is 84.2 cm³/mol. The van der Waals surface area contributed by atoms with Crippen LogP contribution >= 0.6 is 15.9 Å². The van der Waals surface area contributed by atoms with Gasteiger partial charge >= 0.3 is 0 Å². The molecule has 0 saturated carbocycles. The van der Waals surface area contributed by atoms with E-state index in [1.807, 2.05) is 12.1 Å². The fourth-order valence-corrected chi connectivity index (χ4v) is 2.52. The summed E-state index contributed by atoms with van der Waals surface area (Å²) in [7, 11) is 3.23. The molecule has 0 unspecified atom stereocenters. The number of nitrogens with one attached hydrogen (secondary N) is 1. The molecule has 0 atom stereocenters. The largest absolute Gasteiger partial charge is 0.493 e. The molecule has 0 amide bonds. The number of ether oxygens (including phenoxy) is 2. The molecule has 0 aliphatic heterocycles. The third-order valence-electron chi connectivity index (χ3n) is 3.14. The van der Waals surface area contributed by atoms with Gasteiger partial charge in [0, 0.05) is 23.1 Å². The maximum Gasteiger partial charge on any atom is 0.166 e. The summed E-state index contributed by atoms with van der Waals surface area (Å²) in [4.78, 5) is 0. The summed E-state index contributed by atoms with van der Waals surface area (Å²) >= 11 is 3.52. The Kier molecular flexibility index (Phi) is 5.59. The zero-order valence-electron chi connectivity index (χ0n) is 12.0. The van der Waals surface area contributed by atoms with Crippen LogP contribution < -0.4 is 14.8 Å². The molecule has 2 rings (SSSR count). The van der Waals surface area contributed by atoms with Crippen LogP contribution in [0.15, 0.2) is 40.9 Å². The second kappa shape index (κ2) is 7.43. The first-order chi connectivity index (χ1) is 10.2. The number of methoxy groups -OCH3 is 2. The van der Waals surface area contributed by atoms with Crippen molar-refractivity contribution in [1.29, 1.82) is 0 Å². The second-order valence-electron chi connectivity index (χ2n) is 4.49. The van der Waals surface area contributed by atoms with Gasteiger partial charge in [-0.1, -0.05) is 28.1 Å². The number of hydrogen-bond donors (Lipinski definition) is 1. The van der Waals surface area contributed by atoms with E-state index in [-0.39, 0.29) is 5.82 Å². The minimum atomic E-state index is -0.226. The molecule has 0 aliphatic rings. The minimum Gasteiger partial charge on any atom is -0.493 e. The Morgan fingerprint density at radius 3 is 2.33 bits per heavy atom. The lowest BCUT2D eigenvalue weighted by atomic mass is 10.1. The SMILES string of the molecule is COc1ccc(Br)c(CNCc2ccc(F)cc2)c1OC. The maximum atomic E-state index is 12.9. The first kappa shape index (κ1) is 15.8. The monoisotopic (exact) mass is 353 g/mol. The van der Waals surface area contributed by atoms with Gasteiger partial charge in [0.25, 0.3) is 0 Å². The molecule has 1 N–H and O–H groups in total. The third kappa shape index (κ3) is 3.95. The molecule has 5 heteroatoms. The van der Waals surface area contributed by atoms with E-state index < -0.39 is 0 Å². The van der Waals surface area contributed by atoms with Gasteiger partial charge in [-0.05, 0) is 29.8 Å².